The van der Waals surface area contributed by atoms with Gasteiger partial charge in [0.05, 0.1) is 0 Å². The summed E-state index contributed by atoms with van der Waals surface area (Å²) in [6.45, 7) is 5.73. The molecule has 0 N–H and O–H groups in total. The minimum absolute atomic E-state index is 0.180. The van der Waals surface area contributed by atoms with Gasteiger partial charge in [0.25, 0.3) is 0 Å². The van der Waals surface area contributed by atoms with Gasteiger partial charge in [0.2, 0.25) is 12.7 Å². The Labute approximate surface area is 149 Å². The fourth-order valence-electron chi connectivity index (χ4n) is 2.99. The van der Waals surface area contributed by atoms with Gasteiger partial charge in [-0.3, -0.25) is 4.79 Å². The van der Waals surface area contributed by atoms with E-state index in [1.165, 1.54) is 11.1 Å². The number of fused-ring (bicyclic) bond motifs is 1. The van der Waals surface area contributed by atoms with E-state index in [-0.39, 0.29) is 12.7 Å². The first-order chi connectivity index (χ1) is 12.2. The highest BCUT2D eigenvalue weighted by Gasteiger charge is 2.16. The summed E-state index contributed by atoms with van der Waals surface area (Å²) < 4.78 is 10.7. The maximum absolute atomic E-state index is 12.6. The van der Waals surface area contributed by atoms with E-state index in [0.29, 0.717) is 19.5 Å². The maximum atomic E-state index is 12.6. The van der Waals surface area contributed by atoms with Crippen molar-refractivity contribution >= 4 is 5.91 Å². The Hall–Kier alpha value is -2.49. The summed E-state index contributed by atoms with van der Waals surface area (Å²) in [6, 6.07) is 14.4. The molecule has 1 amide bonds. The van der Waals surface area contributed by atoms with Crippen LogP contribution in [0.1, 0.15) is 37.0 Å². The van der Waals surface area contributed by atoms with Gasteiger partial charge in [0, 0.05) is 19.5 Å². The number of nitrogens with zero attached hydrogens (tertiary/aromatic N) is 1. The molecule has 3 rings (SSSR count). The molecule has 132 valence electrons. The minimum atomic E-state index is 0.180. The van der Waals surface area contributed by atoms with Crippen LogP contribution in [0.15, 0.2) is 42.5 Å². The number of benzene rings is 2. The van der Waals surface area contributed by atoms with Crippen molar-refractivity contribution in [1.82, 2.24) is 4.90 Å². The van der Waals surface area contributed by atoms with Crippen LogP contribution in [0.2, 0.25) is 0 Å². The quantitative estimate of drug-likeness (QED) is 0.766. The van der Waals surface area contributed by atoms with E-state index in [4.69, 9.17) is 9.47 Å². The Morgan fingerprint density at radius 2 is 1.64 bits per heavy atom. The molecule has 1 aliphatic heterocycles. The molecule has 0 bridgehead atoms. The maximum Gasteiger partial charge on any atom is 0.231 e. The molecule has 0 unspecified atom stereocenters. The van der Waals surface area contributed by atoms with Gasteiger partial charge in [0.1, 0.15) is 0 Å². The van der Waals surface area contributed by atoms with Gasteiger partial charge in [-0.15, -0.1) is 0 Å². The predicted molar refractivity (Wildman–Crippen MR) is 97.8 cm³/mol. The number of hydrogen-bond acceptors (Lipinski definition) is 3. The zero-order valence-corrected chi connectivity index (χ0v) is 15.0. The fraction of sp³-hybridized carbons (Fsp3) is 0.381. The zero-order chi connectivity index (χ0) is 17.6. The van der Waals surface area contributed by atoms with Crippen LogP contribution in [0.25, 0.3) is 0 Å². The molecule has 0 fully saturated rings. The van der Waals surface area contributed by atoms with E-state index in [2.05, 4.69) is 31.2 Å². The first-order valence-corrected chi connectivity index (χ1v) is 8.93. The third-order valence-electron chi connectivity index (χ3n) is 4.60. The Morgan fingerprint density at radius 3 is 2.36 bits per heavy atom. The van der Waals surface area contributed by atoms with E-state index in [1.54, 1.807) is 0 Å². The van der Waals surface area contributed by atoms with Crippen LogP contribution in [-0.2, 0) is 24.2 Å². The molecule has 0 spiro atoms. The van der Waals surface area contributed by atoms with Crippen LogP contribution in [0.4, 0.5) is 0 Å². The molecule has 0 saturated heterocycles. The molecule has 2 aromatic rings. The van der Waals surface area contributed by atoms with E-state index >= 15 is 0 Å². The average molecular weight is 339 g/mol. The molecule has 1 aliphatic rings. The van der Waals surface area contributed by atoms with Crippen LogP contribution >= 0.6 is 0 Å². The number of ether oxygens (including phenoxy) is 2. The van der Waals surface area contributed by atoms with Crippen molar-refractivity contribution in [3.8, 4) is 11.5 Å². The lowest BCUT2D eigenvalue weighted by Crippen LogP contribution is -2.30. The second-order valence-electron chi connectivity index (χ2n) is 6.27. The van der Waals surface area contributed by atoms with Crippen molar-refractivity contribution in [3.63, 3.8) is 0 Å². The number of aryl methyl sites for hydroxylation is 2. The number of carbonyl (C=O) groups is 1. The SMILES string of the molecule is CCc1ccc(CCC(=O)N(CC)Cc2ccc3c(c2)OCO3)cc1. The largest absolute Gasteiger partial charge is 0.454 e. The monoisotopic (exact) mass is 339 g/mol. The van der Waals surface area contributed by atoms with Crippen molar-refractivity contribution in [2.24, 2.45) is 0 Å². The molecule has 0 atom stereocenters. The molecule has 0 radical (unpaired) electrons. The molecule has 0 saturated carbocycles. The first kappa shape index (κ1) is 17.3. The second-order valence-corrected chi connectivity index (χ2v) is 6.27. The Balaban J connectivity index is 1.57. The molecule has 25 heavy (non-hydrogen) atoms. The molecular weight excluding hydrogens is 314 g/mol. The van der Waals surface area contributed by atoms with Crippen molar-refractivity contribution in [2.75, 3.05) is 13.3 Å². The van der Waals surface area contributed by atoms with Gasteiger partial charge < -0.3 is 14.4 Å². The summed E-state index contributed by atoms with van der Waals surface area (Å²) in [4.78, 5) is 14.5. The van der Waals surface area contributed by atoms with E-state index < -0.39 is 0 Å². The Kier molecular flexibility index (Phi) is 5.59. The Bertz CT molecular complexity index is 724. The minimum Gasteiger partial charge on any atom is -0.454 e. The molecule has 4 nitrogen and oxygen atoms in total. The van der Waals surface area contributed by atoms with E-state index in [0.717, 1.165) is 29.9 Å². The average Bonchev–Trinajstić information content (AvgIpc) is 3.12. The van der Waals surface area contributed by atoms with Gasteiger partial charge in [-0.2, -0.15) is 0 Å². The third kappa shape index (κ3) is 4.32. The van der Waals surface area contributed by atoms with Crippen molar-refractivity contribution < 1.29 is 14.3 Å². The fourth-order valence-corrected chi connectivity index (χ4v) is 2.99. The van der Waals surface area contributed by atoms with Crippen LogP contribution in [0.5, 0.6) is 11.5 Å². The van der Waals surface area contributed by atoms with Crippen LogP contribution < -0.4 is 9.47 Å². The van der Waals surface area contributed by atoms with Gasteiger partial charge in [0.15, 0.2) is 11.5 Å². The Morgan fingerprint density at radius 1 is 0.960 bits per heavy atom. The predicted octanol–water partition coefficient (Wildman–Crippen LogP) is 3.96. The van der Waals surface area contributed by atoms with Gasteiger partial charge in [-0.1, -0.05) is 37.3 Å². The summed E-state index contributed by atoms with van der Waals surface area (Å²) in [5.41, 5.74) is 3.60. The lowest BCUT2D eigenvalue weighted by atomic mass is 10.1. The van der Waals surface area contributed by atoms with Crippen LogP contribution in [0.3, 0.4) is 0 Å². The second kappa shape index (κ2) is 8.06. The van der Waals surface area contributed by atoms with Gasteiger partial charge in [-0.25, -0.2) is 0 Å². The summed E-state index contributed by atoms with van der Waals surface area (Å²) in [5.74, 6) is 1.71. The van der Waals surface area contributed by atoms with Crippen LogP contribution in [0, 0.1) is 0 Å². The van der Waals surface area contributed by atoms with Crippen molar-refractivity contribution in [2.45, 2.75) is 39.7 Å². The zero-order valence-electron chi connectivity index (χ0n) is 15.0. The first-order valence-electron chi connectivity index (χ1n) is 8.93. The smallest absolute Gasteiger partial charge is 0.231 e. The highest BCUT2D eigenvalue weighted by atomic mass is 16.7. The van der Waals surface area contributed by atoms with E-state index in [9.17, 15) is 4.79 Å². The normalized spacial score (nSPS) is 12.2. The summed E-state index contributed by atoms with van der Waals surface area (Å²) >= 11 is 0. The number of rotatable bonds is 7. The summed E-state index contributed by atoms with van der Waals surface area (Å²) in [6.07, 6.45) is 2.35. The topological polar surface area (TPSA) is 38.8 Å². The van der Waals surface area contributed by atoms with Crippen LogP contribution in [-0.4, -0.2) is 24.1 Å². The molecule has 1 heterocycles. The lowest BCUT2D eigenvalue weighted by molar-refractivity contribution is -0.131. The molecule has 4 heteroatoms. The standard InChI is InChI=1S/C21H25NO3/c1-3-16-5-7-17(8-6-16)10-12-21(23)22(4-2)14-18-9-11-19-20(13-18)25-15-24-19/h5-9,11,13H,3-4,10,12,14-15H2,1-2H3. The third-order valence-corrected chi connectivity index (χ3v) is 4.60. The lowest BCUT2D eigenvalue weighted by Gasteiger charge is -2.21. The highest BCUT2D eigenvalue weighted by molar-refractivity contribution is 5.76. The van der Waals surface area contributed by atoms with Gasteiger partial charge in [-0.05, 0) is 48.6 Å². The number of amides is 1. The highest BCUT2D eigenvalue weighted by Crippen LogP contribution is 2.32. The summed E-state index contributed by atoms with van der Waals surface area (Å²) in [5, 5.41) is 0. The van der Waals surface area contributed by atoms with E-state index in [1.807, 2.05) is 30.0 Å². The summed E-state index contributed by atoms with van der Waals surface area (Å²) in [7, 11) is 0. The molecule has 0 aromatic heterocycles. The molecule has 2 aromatic carbocycles. The molecular formula is C21H25NO3. The number of carbonyl (C=O) groups excluding carboxylic acids is 1. The van der Waals surface area contributed by atoms with Crippen molar-refractivity contribution in [1.29, 1.82) is 0 Å². The van der Waals surface area contributed by atoms with Crippen molar-refractivity contribution in [3.05, 3.63) is 59.2 Å². The molecule has 0 aliphatic carbocycles. The van der Waals surface area contributed by atoms with Gasteiger partial charge >= 0.3 is 0 Å². The number of hydrogen-bond donors (Lipinski definition) is 0.